The summed E-state index contributed by atoms with van der Waals surface area (Å²) in [6.07, 6.45) is 12.6. The number of carbonyl (C=O) groups is 2. The zero-order valence-corrected chi connectivity index (χ0v) is 24.1. The van der Waals surface area contributed by atoms with E-state index >= 15 is 0 Å². The molecule has 0 aliphatic heterocycles. The Hall–Kier alpha value is -1.32. The number of ether oxygens (including phenoxy) is 1. The van der Waals surface area contributed by atoms with Crippen molar-refractivity contribution in [3.8, 4) is 0 Å². The largest absolute Gasteiger partial charge is 0.481 e. The second-order valence-corrected chi connectivity index (χ2v) is 15.6. The fourth-order valence-corrected chi connectivity index (χ4v) is 11.0. The Balaban J connectivity index is 1.55. The topological polar surface area (TPSA) is 63.6 Å². The van der Waals surface area contributed by atoms with Crippen molar-refractivity contribution in [1.82, 2.24) is 0 Å². The first-order valence-electron chi connectivity index (χ1n) is 14.6. The van der Waals surface area contributed by atoms with Crippen molar-refractivity contribution in [3.63, 3.8) is 0 Å². The van der Waals surface area contributed by atoms with E-state index < -0.39 is 11.4 Å². The average molecular weight is 499 g/mol. The van der Waals surface area contributed by atoms with Crippen molar-refractivity contribution in [2.75, 3.05) is 0 Å². The van der Waals surface area contributed by atoms with Gasteiger partial charge in [0.2, 0.25) is 0 Å². The number of aliphatic carboxylic acids is 1. The second kappa shape index (κ2) is 7.85. The molecule has 0 amide bonds. The first-order chi connectivity index (χ1) is 16.5. The Morgan fingerprint density at radius 3 is 2.19 bits per heavy atom. The Labute approximate surface area is 219 Å². The van der Waals surface area contributed by atoms with Crippen LogP contribution in [0.2, 0.25) is 0 Å². The molecule has 0 radical (unpaired) electrons. The molecule has 5 aliphatic rings. The normalized spacial score (nSPS) is 48.8. The molecule has 8 atom stereocenters. The SMILES string of the molecule is CC(=O)O[C@@H]1CC[C@@]2(C)[C@H](CC[C@]3(C)[C@H]2CC=C2[C@H]4CC(C)(C)CC[C@]4(C(=O)O)CC[C@]23C)C1(C)C. The third-order valence-electron chi connectivity index (χ3n) is 13.3. The van der Waals surface area contributed by atoms with Gasteiger partial charge in [-0.15, -0.1) is 0 Å². The smallest absolute Gasteiger partial charge is 0.310 e. The van der Waals surface area contributed by atoms with Crippen LogP contribution in [0.1, 0.15) is 120 Å². The van der Waals surface area contributed by atoms with Crippen LogP contribution in [-0.4, -0.2) is 23.1 Å². The van der Waals surface area contributed by atoms with Crippen LogP contribution in [0.4, 0.5) is 0 Å². The number of esters is 1. The average Bonchev–Trinajstić information content (AvgIpc) is 2.75. The summed E-state index contributed by atoms with van der Waals surface area (Å²) in [7, 11) is 0. The molecule has 0 heterocycles. The third kappa shape index (κ3) is 3.30. The molecule has 0 saturated heterocycles. The number of allylic oxidation sites excluding steroid dienone is 2. The summed E-state index contributed by atoms with van der Waals surface area (Å²) >= 11 is 0. The molecule has 0 unspecified atom stereocenters. The van der Waals surface area contributed by atoms with Crippen molar-refractivity contribution in [2.24, 2.45) is 50.2 Å². The summed E-state index contributed by atoms with van der Waals surface area (Å²) in [6.45, 7) is 18.5. The van der Waals surface area contributed by atoms with Gasteiger partial charge in [-0.2, -0.15) is 0 Å². The number of rotatable bonds is 2. The highest BCUT2D eigenvalue weighted by atomic mass is 16.5. The van der Waals surface area contributed by atoms with Gasteiger partial charge in [-0.1, -0.05) is 60.1 Å². The lowest BCUT2D eigenvalue weighted by Gasteiger charge is -2.71. The number of hydrogen-bond donors (Lipinski definition) is 1. The van der Waals surface area contributed by atoms with Crippen LogP contribution in [0.25, 0.3) is 0 Å². The van der Waals surface area contributed by atoms with Gasteiger partial charge < -0.3 is 9.84 Å². The highest BCUT2D eigenvalue weighted by Gasteiger charge is 2.69. The molecule has 0 aromatic heterocycles. The minimum Gasteiger partial charge on any atom is -0.481 e. The minimum atomic E-state index is -0.574. The fraction of sp³-hybridized carbons (Fsp3) is 0.875. The highest BCUT2D eigenvalue weighted by molar-refractivity contribution is 5.76. The van der Waals surface area contributed by atoms with Crippen LogP contribution in [-0.2, 0) is 14.3 Å². The van der Waals surface area contributed by atoms with Crippen LogP contribution >= 0.6 is 0 Å². The first kappa shape index (κ1) is 26.3. The number of carboxylic acid groups (broad SMARTS) is 1. The molecular formula is C32H50O4. The van der Waals surface area contributed by atoms with E-state index in [1.807, 2.05) is 0 Å². The number of carbonyl (C=O) groups excluding carboxylic acids is 1. The summed E-state index contributed by atoms with van der Waals surface area (Å²) in [5.41, 5.74) is 1.50. The number of hydrogen-bond acceptors (Lipinski definition) is 3. The Bertz CT molecular complexity index is 992. The molecule has 0 aromatic carbocycles. The van der Waals surface area contributed by atoms with Crippen molar-refractivity contribution in [3.05, 3.63) is 11.6 Å². The molecule has 0 bridgehead atoms. The van der Waals surface area contributed by atoms with Crippen molar-refractivity contribution < 1.29 is 19.4 Å². The van der Waals surface area contributed by atoms with Gasteiger partial charge >= 0.3 is 11.9 Å². The van der Waals surface area contributed by atoms with Crippen LogP contribution < -0.4 is 0 Å². The highest BCUT2D eigenvalue weighted by Crippen LogP contribution is 2.75. The monoisotopic (exact) mass is 498 g/mol. The molecule has 4 saturated carbocycles. The molecule has 202 valence electrons. The maximum atomic E-state index is 12.8. The standard InChI is InChI=1S/C32H50O4/c1-20(33)36-25-12-13-29(6)23(28(25,4)5)11-14-31(8)24(29)10-9-21-22-19-27(2,3)15-17-32(22,26(34)35)18-16-30(21,31)7/h9,22-25H,10-19H2,1-8H3,(H,34,35)/t22-,23-,24+,25-,29+,30-,31-,32+/m1/s1. The molecule has 36 heavy (non-hydrogen) atoms. The first-order valence-corrected chi connectivity index (χ1v) is 14.6. The Kier molecular flexibility index (Phi) is 5.74. The summed E-state index contributed by atoms with van der Waals surface area (Å²) in [5, 5.41) is 10.5. The van der Waals surface area contributed by atoms with E-state index in [9.17, 15) is 14.7 Å². The second-order valence-electron chi connectivity index (χ2n) is 15.6. The Morgan fingerprint density at radius 2 is 1.56 bits per heavy atom. The maximum absolute atomic E-state index is 12.8. The zero-order chi connectivity index (χ0) is 26.5. The summed E-state index contributed by atoms with van der Waals surface area (Å²) in [5.74, 6) is 0.546. The van der Waals surface area contributed by atoms with E-state index in [1.54, 1.807) is 6.92 Å². The fourth-order valence-electron chi connectivity index (χ4n) is 11.0. The van der Waals surface area contributed by atoms with Gasteiger partial charge in [0.25, 0.3) is 0 Å². The third-order valence-corrected chi connectivity index (χ3v) is 13.3. The predicted octanol–water partition coefficient (Wildman–Crippen LogP) is 7.80. The molecule has 4 heteroatoms. The zero-order valence-electron chi connectivity index (χ0n) is 24.1. The molecule has 5 rings (SSSR count). The van der Waals surface area contributed by atoms with Crippen LogP contribution in [0.3, 0.4) is 0 Å². The van der Waals surface area contributed by atoms with Crippen LogP contribution in [0.15, 0.2) is 11.6 Å². The quantitative estimate of drug-likeness (QED) is 0.311. The lowest BCUT2D eigenvalue weighted by Crippen LogP contribution is -2.65. The van der Waals surface area contributed by atoms with Gasteiger partial charge in [-0.05, 0) is 104 Å². The molecule has 0 aromatic rings. The lowest BCUT2D eigenvalue weighted by atomic mass is 9.33. The number of fused-ring (bicyclic) bond motifs is 7. The molecule has 4 fully saturated rings. The molecule has 1 N–H and O–H groups in total. The van der Waals surface area contributed by atoms with E-state index in [0.29, 0.717) is 11.8 Å². The van der Waals surface area contributed by atoms with Crippen molar-refractivity contribution >= 4 is 11.9 Å². The van der Waals surface area contributed by atoms with Crippen LogP contribution in [0, 0.1) is 50.2 Å². The van der Waals surface area contributed by atoms with Crippen LogP contribution in [0.5, 0.6) is 0 Å². The van der Waals surface area contributed by atoms with Crippen molar-refractivity contribution in [2.45, 2.75) is 126 Å². The van der Waals surface area contributed by atoms with E-state index in [-0.39, 0.29) is 45.1 Å². The lowest BCUT2D eigenvalue weighted by molar-refractivity contribution is -0.213. The molecule has 4 nitrogen and oxygen atoms in total. The summed E-state index contributed by atoms with van der Waals surface area (Å²) in [4.78, 5) is 24.7. The molecular weight excluding hydrogens is 448 g/mol. The van der Waals surface area contributed by atoms with Gasteiger partial charge in [0.15, 0.2) is 0 Å². The summed E-state index contributed by atoms with van der Waals surface area (Å²) in [6, 6.07) is 0. The molecule has 5 aliphatic carbocycles. The van der Waals surface area contributed by atoms with Gasteiger partial charge in [0.1, 0.15) is 6.10 Å². The van der Waals surface area contributed by atoms with Gasteiger partial charge in [-0.3, -0.25) is 9.59 Å². The van der Waals surface area contributed by atoms with Gasteiger partial charge in [0, 0.05) is 12.3 Å². The van der Waals surface area contributed by atoms with E-state index in [0.717, 1.165) is 57.8 Å². The van der Waals surface area contributed by atoms with Crippen molar-refractivity contribution in [1.29, 1.82) is 0 Å². The maximum Gasteiger partial charge on any atom is 0.310 e. The van der Waals surface area contributed by atoms with Gasteiger partial charge in [0.05, 0.1) is 5.41 Å². The van der Waals surface area contributed by atoms with E-state index in [1.165, 1.54) is 12.0 Å². The predicted molar refractivity (Wildman–Crippen MR) is 142 cm³/mol. The van der Waals surface area contributed by atoms with E-state index in [4.69, 9.17) is 4.74 Å². The van der Waals surface area contributed by atoms with Gasteiger partial charge in [-0.25, -0.2) is 0 Å². The Morgan fingerprint density at radius 1 is 0.889 bits per heavy atom. The van der Waals surface area contributed by atoms with E-state index in [2.05, 4.69) is 54.5 Å². The number of carboxylic acids is 1. The minimum absolute atomic E-state index is 0.00181. The summed E-state index contributed by atoms with van der Waals surface area (Å²) < 4.78 is 5.87. The molecule has 0 spiro atoms.